The SMILES string of the molecule is CN(C(=O)c1cc(NC(=O)C(C)(C)C)ccc1F)C1CC2CCC(C1)N2.Cl. The molecule has 2 aliphatic rings. The molecule has 150 valence electrons. The van der Waals surface area contributed by atoms with Crippen LogP contribution < -0.4 is 10.6 Å². The Kier molecular flexibility index (Phi) is 6.53. The molecule has 0 aliphatic carbocycles. The monoisotopic (exact) mass is 397 g/mol. The van der Waals surface area contributed by atoms with Gasteiger partial charge >= 0.3 is 0 Å². The van der Waals surface area contributed by atoms with Crippen LogP contribution in [-0.4, -0.2) is 41.9 Å². The lowest BCUT2D eigenvalue weighted by molar-refractivity contribution is -0.123. The highest BCUT2D eigenvalue weighted by molar-refractivity contribution is 5.98. The van der Waals surface area contributed by atoms with Crippen LogP contribution in [0.3, 0.4) is 0 Å². The molecule has 2 N–H and O–H groups in total. The number of fused-ring (bicyclic) bond motifs is 2. The fourth-order valence-corrected chi connectivity index (χ4v) is 3.78. The van der Waals surface area contributed by atoms with Crippen molar-refractivity contribution in [1.29, 1.82) is 0 Å². The first-order valence-corrected chi connectivity index (χ1v) is 9.29. The van der Waals surface area contributed by atoms with Crippen molar-refractivity contribution in [3.05, 3.63) is 29.6 Å². The van der Waals surface area contributed by atoms with Gasteiger partial charge in [0.15, 0.2) is 0 Å². The van der Waals surface area contributed by atoms with Crippen LogP contribution in [0.1, 0.15) is 56.8 Å². The highest BCUT2D eigenvalue weighted by Crippen LogP contribution is 2.30. The number of hydrogen-bond acceptors (Lipinski definition) is 3. The van der Waals surface area contributed by atoms with Gasteiger partial charge in [0, 0.05) is 36.3 Å². The summed E-state index contributed by atoms with van der Waals surface area (Å²) in [5.41, 5.74) is -0.123. The fraction of sp³-hybridized carbons (Fsp3) is 0.600. The van der Waals surface area contributed by atoms with Crippen molar-refractivity contribution < 1.29 is 14.0 Å². The maximum Gasteiger partial charge on any atom is 0.256 e. The number of rotatable bonds is 3. The predicted octanol–water partition coefficient (Wildman–Crippen LogP) is 3.59. The minimum absolute atomic E-state index is 0. The molecule has 5 nitrogen and oxygen atoms in total. The van der Waals surface area contributed by atoms with E-state index in [1.807, 2.05) is 0 Å². The Labute approximate surface area is 166 Å². The molecule has 2 bridgehead atoms. The van der Waals surface area contributed by atoms with Gasteiger partial charge in [0.2, 0.25) is 5.91 Å². The van der Waals surface area contributed by atoms with E-state index in [1.54, 1.807) is 32.7 Å². The average molecular weight is 398 g/mol. The van der Waals surface area contributed by atoms with Crippen molar-refractivity contribution in [3.63, 3.8) is 0 Å². The Morgan fingerprint density at radius 1 is 1.19 bits per heavy atom. The van der Waals surface area contributed by atoms with Crippen molar-refractivity contribution in [2.24, 2.45) is 5.41 Å². The largest absolute Gasteiger partial charge is 0.339 e. The molecule has 3 rings (SSSR count). The van der Waals surface area contributed by atoms with E-state index in [9.17, 15) is 14.0 Å². The maximum atomic E-state index is 14.3. The molecule has 2 unspecified atom stereocenters. The molecule has 7 heteroatoms. The van der Waals surface area contributed by atoms with Gasteiger partial charge in [0.25, 0.3) is 5.91 Å². The van der Waals surface area contributed by atoms with E-state index in [2.05, 4.69) is 10.6 Å². The number of carbonyl (C=O) groups is 2. The Morgan fingerprint density at radius 2 is 1.78 bits per heavy atom. The number of carbonyl (C=O) groups excluding carboxylic acids is 2. The zero-order chi connectivity index (χ0) is 19.1. The molecular weight excluding hydrogens is 369 g/mol. The smallest absolute Gasteiger partial charge is 0.256 e. The number of anilines is 1. The van der Waals surface area contributed by atoms with Gasteiger partial charge < -0.3 is 15.5 Å². The first-order chi connectivity index (χ1) is 12.1. The molecule has 2 saturated heterocycles. The second-order valence-electron chi connectivity index (χ2n) is 8.58. The average Bonchev–Trinajstić information content (AvgIpc) is 2.92. The Hall–Kier alpha value is -1.66. The summed E-state index contributed by atoms with van der Waals surface area (Å²) in [5.74, 6) is -1.07. The van der Waals surface area contributed by atoms with Crippen LogP contribution in [0.15, 0.2) is 18.2 Å². The van der Waals surface area contributed by atoms with Crippen molar-refractivity contribution >= 4 is 29.9 Å². The van der Waals surface area contributed by atoms with E-state index in [0.717, 1.165) is 25.7 Å². The summed E-state index contributed by atoms with van der Waals surface area (Å²) in [7, 11) is 1.75. The Bertz CT molecular complexity index is 708. The van der Waals surface area contributed by atoms with Crippen LogP contribution in [0.2, 0.25) is 0 Å². The van der Waals surface area contributed by atoms with Gasteiger partial charge in [-0.05, 0) is 43.9 Å². The van der Waals surface area contributed by atoms with Gasteiger partial charge in [0.05, 0.1) is 5.56 Å². The number of benzene rings is 1. The highest BCUT2D eigenvalue weighted by Gasteiger charge is 2.37. The summed E-state index contributed by atoms with van der Waals surface area (Å²) in [4.78, 5) is 26.7. The third-order valence-electron chi connectivity index (χ3n) is 5.45. The van der Waals surface area contributed by atoms with E-state index in [0.29, 0.717) is 17.8 Å². The van der Waals surface area contributed by atoms with Crippen molar-refractivity contribution in [2.45, 2.75) is 64.6 Å². The van der Waals surface area contributed by atoms with Crippen LogP contribution in [0, 0.1) is 11.2 Å². The highest BCUT2D eigenvalue weighted by atomic mass is 35.5. The predicted molar refractivity (Wildman–Crippen MR) is 107 cm³/mol. The van der Waals surface area contributed by atoms with E-state index in [4.69, 9.17) is 0 Å². The van der Waals surface area contributed by atoms with Gasteiger partial charge in [0.1, 0.15) is 5.82 Å². The van der Waals surface area contributed by atoms with Crippen molar-refractivity contribution in [3.8, 4) is 0 Å². The number of halogens is 2. The van der Waals surface area contributed by atoms with E-state index in [-0.39, 0.29) is 35.8 Å². The second-order valence-corrected chi connectivity index (χ2v) is 8.58. The van der Waals surface area contributed by atoms with Crippen LogP contribution in [0.4, 0.5) is 10.1 Å². The molecule has 1 aromatic carbocycles. The third-order valence-corrected chi connectivity index (χ3v) is 5.45. The lowest BCUT2D eigenvalue weighted by atomic mass is 9.95. The summed E-state index contributed by atoms with van der Waals surface area (Å²) < 4.78 is 14.3. The number of hydrogen-bond donors (Lipinski definition) is 2. The van der Waals surface area contributed by atoms with Gasteiger partial charge in [-0.25, -0.2) is 4.39 Å². The number of nitrogens with one attached hydrogen (secondary N) is 2. The Balaban J connectivity index is 0.00000261. The number of amides is 2. The quantitative estimate of drug-likeness (QED) is 0.819. The zero-order valence-corrected chi connectivity index (χ0v) is 17.2. The topological polar surface area (TPSA) is 61.4 Å². The molecule has 0 radical (unpaired) electrons. The van der Waals surface area contributed by atoms with Crippen LogP contribution in [0.5, 0.6) is 0 Å². The van der Waals surface area contributed by atoms with Gasteiger partial charge in [-0.15, -0.1) is 12.4 Å². The molecule has 2 aliphatic heterocycles. The Morgan fingerprint density at radius 3 is 2.33 bits per heavy atom. The standard InChI is InChI=1S/C20H28FN3O2.ClH/c1-20(2,3)19(26)23-14-7-8-17(21)16(11-14)18(25)24(4)15-9-12-5-6-13(10-15)22-12;/h7-8,11-13,15,22H,5-6,9-10H2,1-4H3,(H,23,26);1H. The molecular formula is C20H29ClFN3O2. The molecule has 0 spiro atoms. The summed E-state index contributed by atoms with van der Waals surface area (Å²) in [6, 6.07) is 5.19. The van der Waals surface area contributed by atoms with Crippen molar-refractivity contribution in [1.82, 2.24) is 10.2 Å². The molecule has 0 saturated carbocycles. The minimum atomic E-state index is -0.566. The van der Waals surface area contributed by atoms with Gasteiger partial charge in [-0.1, -0.05) is 20.8 Å². The van der Waals surface area contributed by atoms with E-state index in [1.165, 1.54) is 18.2 Å². The molecule has 2 atom stereocenters. The fourth-order valence-electron chi connectivity index (χ4n) is 3.78. The molecule has 2 amide bonds. The van der Waals surface area contributed by atoms with Gasteiger partial charge in [-0.2, -0.15) is 0 Å². The minimum Gasteiger partial charge on any atom is -0.339 e. The van der Waals surface area contributed by atoms with Gasteiger partial charge in [-0.3, -0.25) is 9.59 Å². The first-order valence-electron chi connectivity index (χ1n) is 9.29. The lowest BCUT2D eigenvalue weighted by Gasteiger charge is -2.35. The van der Waals surface area contributed by atoms with Crippen molar-refractivity contribution in [2.75, 3.05) is 12.4 Å². The number of nitrogens with zero attached hydrogens (tertiary/aromatic N) is 1. The summed E-state index contributed by atoms with van der Waals surface area (Å²) in [6.07, 6.45) is 4.10. The first kappa shape index (κ1) is 21.6. The normalized spacial score (nSPS) is 24.1. The third kappa shape index (κ3) is 4.79. The van der Waals surface area contributed by atoms with Crippen LogP contribution in [-0.2, 0) is 4.79 Å². The summed E-state index contributed by atoms with van der Waals surface area (Å²) in [6.45, 7) is 5.41. The lowest BCUT2D eigenvalue weighted by Crippen LogP contribution is -2.48. The molecule has 2 fully saturated rings. The second kappa shape index (κ2) is 8.15. The number of piperidine rings is 1. The zero-order valence-electron chi connectivity index (χ0n) is 16.3. The van der Waals surface area contributed by atoms with E-state index < -0.39 is 11.2 Å². The maximum absolute atomic E-state index is 14.3. The summed E-state index contributed by atoms with van der Waals surface area (Å²) in [5, 5.41) is 6.31. The molecule has 0 aromatic heterocycles. The van der Waals surface area contributed by atoms with E-state index >= 15 is 0 Å². The molecule has 27 heavy (non-hydrogen) atoms. The van der Waals surface area contributed by atoms with Crippen LogP contribution >= 0.6 is 12.4 Å². The van der Waals surface area contributed by atoms with Crippen LogP contribution in [0.25, 0.3) is 0 Å². The molecule has 2 heterocycles. The molecule has 1 aromatic rings. The summed E-state index contributed by atoms with van der Waals surface area (Å²) >= 11 is 0.